The van der Waals surface area contributed by atoms with Crippen molar-refractivity contribution in [3.05, 3.63) is 81.0 Å². The third-order valence-corrected chi connectivity index (χ3v) is 8.14. The Morgan fingerprint density at radius 3 is 2.54 bits per heavy atom. The summed E-state index contributed by atoms with van der Waals surface area (Å²) in [6.45, 7) is 4.45. The van der Waals surface area contributed by atoms with Crippen LogP contribution in [0, 0.1) is 12.8 Å². The van der Waals surface area contributed by atoms with E-state index >= 15 is 0 Å². The number of ether oxygens (including phenoxy) is 1. The average molecular weight is 528 g/mol. The van der Waals surface area contributed by atoms with Crippen molar-refractivity contribution in [2.24, 2.45) is 20.0 Å². The molecule has 2 aliphatic heterocycles. The third kappa shape index (κ3) is 4.41. The number of nitrogens with zero attached hydrogens (tertiary/aromatic N) is 4. The zero-order chi connectivity index (χ0) is 27.3. The van der Waals surface area contributed by atoms with Gasteiger partial charge in [0.1, 0.15) is 17.4 Å². The number of hydrogen-bond donors (Lipinski definition) is 1. The molecule has 202 valence electrons. The summed E-state index contributed by atoms with van der Waals surface area (Å²) in [5.74, 6) is 1.45. The van der Waals surface area contributed by atoms with E-state index in [1.807, 2.05) is 30.3 Å². The Hall–Kier alpha value is -4.27. The number of aryl methyl sites for hydroxylation is 2. The summed E-state index contributed by atoms with van der Waals surface area (Å²) in [7, 11) is 3.12. The zero-order valence-electron chi connectivity index (χ0n) is 22.5. The van der Waals surface area contributed by atoms with E-state index in [1.165, 1.54) is 22.9 Å². The summed E-state index contributed by atoms with van der Waals surface area (Å²) in [5.41, 5.74) is 4.36. The maximum absolute atomic E-state index is 13.1. The number of rotatable bonds is 7. The van der Waals surface area contributed by atoms with Crippen molar-refractivity contribution in [1.29, 1.82) is 0 Å². The van der Waals surface area contributed by atoms with Gasteiger partial charge in [0.15, 0.2) is 0 Å². The highest BCUT2D eigenvalue weighted by molar-refractivity contribution is 5.82. The molecule has 2 bridgehead atoms. The van der Waals surface area contributed by atoms with Gasteiger partial charge in [-0.1, -0.05) is 18.2 Å². The highest BCUT2D eigenvalue weighted by atomic mass is 16.5. The maximum Gasteiger partial charge on any atom is 0.331 e. The van der Waals surface area contributed by atoms with E-state index in [9.17, 15) is 14.4 Å². The molecule has 9 heteroatoms. The zero-order valence-corrected chi connectivity index (χ0v) is 22.5. The molecular weight excluding hydrogens is 494 g/mol. The molecule has 1 amide bonds. The Bertz CT molecular complexity index is 1670. The Kier molecular flexibility index (Phi) is 6.29. The summed E-state index contributed by atoms with van der Waals surface area (Å²) in [4.78, 5) is 45.4. The van der Waals surface area contributed by atoms with Crippen LogP contribution in [0.15, 0.2) is 64.2 Å². The number of carbonyl (C=O) groups is 1. The van der Waals surface area contributed by atoms with Crippen LogP contribution in [0.2, 0.25) is 0 Å². The molecule has 1 N–H and O–H groups in total. The van der Waals surface area contributed by atoms with Crippen LogP contribution >= 0.6 is 0 Å². The fraction of sp³-hybridized carbons (Fsp3) is 0.367. The van der Waals surface area contributed by atoms with Crippen molar-refractivity contribution in [1.82, 2.24) is 19.0 Å². The highest BCUT2D eigenvalue weighted by Crippen LogP contribution is 2.39. The second-order valence-electron chi connectivity index (χ2n) is 10.7. The van der Waals surface area contributed by atoms with E-state index in [0.29, 0.717) is 36.4 Å². The lowest BCUT2D eigenvalue weighted by Gasteiger charge is -2.38. The van der Waals surface area contributed by atoms with Gasteiger partial charge >= 0.3 is 5.69 Å². The number of H-pyrrole nitrogens is 1. The average Bonchev–Trinajstić information content (AvgIpc) is 3.69. The fourth-order valence-corrected chi connectivity index (χ4v) is 6.04. The Balaban J connectivity index is 1.04. The molecule has 2 fully saturated rings. The van der Waals surface area contributed by atoms with Gasteiger partial charge in [0.25, 0.3) is 5.56 Å². The quantitative estimate of drug-likeness (QED) is 0.372. The molecule has 2 saturated heterocycles. The topological polar surface area (TPSA) is 92.6 Å². The molecule has 2 aromatic heterocycles. The van der Waals surface area contributed by atoms with Crippen LogP contribution in [-0.2, 0) is 18.9 Å². The second kappa shape index (κ2) is 9.80. The van der Waals surface area contributed by atoms with Crippen LogP contribution in [-0.4, -0.2) is 50.8 Å². The maximum atomic E-state index is 13.1. The molecule has 0 aliphatic carbocycles. The van der Waals surface area contributed by atoms with Crippen molar-refractivity contribution in [2.75, 3.05) is 24.6 Å². The van der Waals surface area contributed by atoms with Crippen LogP contribution in [0.3, 0.4) is 0 Å². The largest absolute Gasteiger partial charge is 0.494 e. The van der Waals surface area contributed by atoms with E-state index in [0.717, 1.165) is 41.1 Å². The molecule has 0 spiro atoms. The number of fused-ring (bicyclic) bond motifs is 3. The van der Waals surface area contributed by atoms with Crippen LogP contribution in [0.1, 0.15) is 24.8 Å². The fourth-order valence-electron chi connectivity index (χ4n) is 6.04. The molecular formula is C30H33N5O4. The van der Waals surface area contributed by atoms with Gasteiger partial charge in [-0.15, -0.1) is 0 Å². The molecule has 2 atom stereocenters. The highest BCUT2D eigenvalue weighted by Gasteiger charge is 2.45. The number of para-hydroxylation sites is 1. The Morgan fingerprint density at radius 2 is 1.79 bits per heavy atom. The summed E-state index contributed by atoms with van der Waals surface area (Å²) in [6, 6.07) is 17.8. The second-order valence-corrected chi connectivity index (χ2v) is 10.7. The van der Waals surface area contributed by atoms with Crippen LogP contribution in [0.25, 0.3) is 22.3 Å². The first-order chi connectivity index (χ1) is 18.8. The minimum atomic E-state index is -0.360. The lowest BCUT2D eigenvalue weighted by Crippen LogP contribution is -2.50. The summed E-state index contributed by atoms with van der Waals surface area (Å²) < 4.78 is 8.47. The first-order valence-electron chi connectivity index (χ1n) is 13.5. The lowest BCUT2D eigenvalue weighted by molar-refractivity contribution is -0.132. The lowest BCUT2D eigenvalue weighted by atomic mass is 10.1. The molecule has 9 nitrogen and oxygen atoms in total. The summed E-state index contributed by atoms with van der Waals surface area (Å²) in [6.07, 6.45) is 2.32. The van der Waals surface area contributed by atoms with Crippen LogP contribution in [0.4, 0.5) is 5.69 Å². The van der Waals surface area contributed by atoms with E-state index in [2.05, 4.69) is 46.0 Å². The van der Waals surface area contributed by atoms with Gasteiger partial charge in [-0.05, 0) is 73.2 Å². The Labute approximate surface area is 226 Å². The minimum absolute atomic E-state index is 0.157. The molecule has 2 unspecified atom stereocenters. The minimum Gasteiger partial charge on any atom is -0.494 e. The van der Waals surface area contributed by atoms with Gasteiger partial charge in [0.05, 0.1) is 12.1 Å². The molecule has 39 heavy (non-hydrogen) atoms. The van der Waals surface area contributed by atoms with Gasteiger partial charge < -0.3 is 19.5 Å². The molecule has 4 heterocycles. The van der Waals surface area contributed by atoms with Crippen LogP contribution in [0.5, 0.6) is 5.75 Å². The molecule has 0 radical (unpaired) electrons. The number of likely N-dealkylation sites (tertiary alicyclic amines) is 1. The van der Waals surface area contributed by atoms with Gasteiger partial charge in [-0.3, -0.25) is 18.7 Å². The number of amides is 1. The summed E-state index contributed by atoms with van der Waals surface area (Å²) >= 11 is 0. The number of hydrogen-bond acceptors (Lipinski definition) is 5. The van der Waals surface area contributed by atoms with E-state index in [-0.39, 0.29) is 23.3 Å². The third-order valence-electron chi connectivity index (χ3n) is 8.14. The van der Waals surface area contributed by atoms with Crippen molar-refractivity contribution < 1.29 is 9.53 Å². The van der Waals surface area contributed by atoms with Gasteiger partial charge in [0, 0.05) is 45.0 Å². The molecule has 4 aromatic rings. The van der Waals surface area contributed by atoms with Gasteiger partial charge in [0.2, 0.25) is 5.91 Å². The number of carbonyl (C=O) groups excluding carboxylic acids is 1. The van der Waals surface area contributed by atoms with Gasteiger partial charge in [-0.2, -0.15) is 0 Å². The standard InChI is InChI=1S/C30H33N5O4/c1-19-7-4-5-8-24(19)34-17-20-15-26(34)35(18-20)27(36)9-6-14-39-22-12-10-21(11-13-22)23-16-25-28(31-23)29(37)33(3)30(38)32(25)2/h4-5,7-8,10-13,16,20,26,31H,6,9,14-15,17-18H2,1-3H3. The normalized spacial score (nSPS) is 18.3. The number of aromatic nitrogens is 3. The molecule has 2 aromatic carbocycles. The Morgan fingerprint density at radius 1 is 1.03 bits per heavy atom. The van der Waals surface area contributed by atoms with E-state index in [4.69, 9.17) is 4.74 Å². The van der Waals surface area contributed by atoms with E-state index < -0.39 is 0 Å². The number of benzene rings is 2. The number of aromatic amines is 1. The van der Waals surface area contributed by atoms with Gasteiger partial charge in [-0.25, -0.2) is 4.79 Å². The smallest absolute Gasteiger partial charge is 0.331 e. The predicted molar refractivity (Wildman–Crippen MR) is 151 cm³/mol. The van der Waals surface area contributed by atoms with Crippen molar-refractivity contribution >= 4 is 22.6 Å². The SMILES string of the molecule is Cc1ccccc1N1CC2CC1N(C(=O)CCCOc1ccc(-c3cc4c([nH]3)c(=O)n(C)c(=O)n4C)cc1)C2. The number of anilines is 1. The van der Waals surface area contributed by atoms with Crippen molar-refractivity contribution in [2.45, 2.75) is 32.4 Å². The molecule has 6 rings (SSSR count). The van der Waals surface area contributed by atoms with Crippen LogP contribution < -0.4 is 20.9 Å². The first kappa shape index (κ1) is 25.0. The number of nitrogens with one attached hydrogen (secondary N) is 1. The summed E-state index contributed by atoms with van der Waals surface area (Å²) in [5, 5.41) is 0. The monoisotopic (exact) mass is 527 g/mol. The van der Waals surface area contributed by atoms with Crippen molar-refractivity contribution in [3.8, 4) is 17.0 Å². The molecule has 0 saturated carbocycles. The van der Waals surface area contributed by atoms with E-state index in [1.54, 1.807) is 7.05 Å². The predicted octanol–water partition coefficient (Wildman–Crippen LogP) is 3.39. The first-order valence-corrected chi connectivity index (χ1v) is 13.5. The van der Waals surface area contributed by atoms with Crippen molar-refractivity contribution in [3.63, 3.8) is 0 Å². The molecule has 2 aliphatic rings.